The van der Waals surface area contributed by atoms with E-state index in [-0.39, 0.29) is 11.8 Å². The van der Waals surface area contributed by atoms with Gasteiger partial charge in [0, 0.05) is 5.56 Å². The maximum atomic E-state index is 13.4. The molecular formula is C25H18N2OS2. The Morgan fingerprint density at radius 3 is 2.10 bits per heavy atom. The normalized spacial score (nSPS) is 11.1. The zero-order valence-electron chi connectivity index (χ0n) is 16.0. The van der Waals surface area contributed by atoms with E-state index in [4.69, 9.17) is 4.98 Å². The molecule has 3 aromatic carbocycles. The molecule has 3 nitrogen and oxygen atoms in total. The molecule has 0 unspecified atom stereocenters. The minimum absolute atomic E-state index is 0.0442. The molecule has 5 aromatic rings. The Morgan fingerprint density at radius 1 is 0.800 bits per heavy atom. The maximum Gasteiger partial charge on any atom is 0.237 e. The highest BCUT2D eigenvalue weighted by atomic mass is 32.1. The summed E-state index contributed by atoms with van der Waals surface area (Å²) in [6, 6.07) is 29.9. The molecule has 146 valence electrons. The summed E-state index contributed by atoms with van der Waals surface area (Å²) in [7, 11) is 0. The molecule has 0 aliphatic heterocycles. The number of para-hydroxylation sites is 1. The van der Waals surface area contributed by atoms with Crippen LogP contribution in [-0.2, 0) is 4.79 Å². The van der Waals surface area contributed by atoms with Gasteiger partial charge in [-0.3, -0.25) is 4.79 Å². The highest BCUT2D eigenvalue weighted by molar-refractivity contribution is 7.22. The summed E-state index contributed by atoms with van der Waals surface area (Å²) >= 11 is 3.17. The van der Waals surface area contributed by atoms with Crippen LogP contribution in [-0.4, -0.2) is 10.9 Å². The molecule has 1 amide bonds. The SMILES string of the molecule is O=C(Nc1sccc1-c1nc2ccccc2s1)C(c1ccccc1)c1ccccc1. The zero-order valence-corrected chi connectivity index (χ0v) is 17.6. The first-order chi connectivity index (χ1) is 14.8. The number of aromatic nitrogens is 1. The second kappa shape index (κ2) is 8.22. The standard InChI is InChI=1S/C25H18N2OS2/c28-23(22(17-9-3-1-4-10-17)18-11-5-2-6-12-18)27-24-19(15-16-29-24)25-26-20-13-7-8-14-21(20)30-25/h1-16,22H,(H,27,28). The monoisotopic (exact) mass is 426 g/mol. The van der Waals surface area contributed by atoms with E-state index in [0.717, 1.165) is 36.9 Å². The van der Waals surface area contributed by atoms with E-state index < -0.39 is 0 Å². The number of nitrogens with one attached hydrogen (secondary N) is 1. The highest BCUT2D eigenvalue weighted by Gasteiger charge is 2.24. The molecule has 0 bridgehead atoms. The summed E-state index contributed by atoms with van der Waals surface area (Å²) in [6.45, 7) is 0. The van der Waals surface area contributed by atoms with Crippen molar-refractivity contribution in [2.24, 2.45) is 0 Å². The van der Waals surface area contributed by atoms with Crippen LogP contribution in [0.25, 0.3) is 20.8 Å². The number of thiophene rings is 1. The van der Waals surface area contributed by atoms with Gasteiger partial charge in [-0.25, -0.2) is 4.98 Å². The quantitative estimate of drug-likeness (QED) is 0.336. The predicted molar refractivity (Wildman–Crippen MR) is 126 cm³/mol. The van der Waals surface area contributed by atoms with E-state index in [1.807, 2.05) is 90.3 Å². The summed E-state index contributed by atoms with van der Waals surface area (Å²) in [4.78, 5) is 18.2. The molecule has 0 aliphatic rings. The summed E-state index contributed by atoms with van der Waals surface area (Å²) in [6.07, 6.45) is 0. The topological polar surface area (TPSA) is 42.0 Å². The van der Waals surface area contributed by atoms with Gasteiger partial charge in [0.2, 0.25) is 5.91 Å². The average molecular weight is 427 g/mol. The molecule has 2 aromatic heterocycles. The molecule has 0 saturated heterocycles. The fourth-order valence-electron chi connectivity index (χ4n) is 3.53. The molecule has 0 spiro atoms. The Balaban J connectivity index is 1.49. The van der Waals surface area contributed by atoms with Crippen molar-refractivity contribution in [2.45, 2.75) is 5.92 Å². The van der Waals surface area contributed by atoms with Gasteiger partial charge >= 0.3 is 0 Å². The Kier molecular flexibility index (Phi) is 5.13. The van der Waals surface area contributed by atoms with Gasteiger partial charge in [-0.15, -0.1) is 22.7 Å². The van der Waals surface area contributed by atoms with Crippen molar-refractivity contribution < 1.29 is 4.79 Å². The Labute approximate surface area is 182 Å². The van der Waals surface area contributed by atoms with Gasteiger partial charge in [-0.05, 0) is 34.7 Å². The van der Waals surface area contributed by atoms with Gasteiger partial charge in [0.05, 0.1) is 16.1 Å². The minimum Gasteiger partial charge on any atom is -0.316 e. The molecule has 0 saturated carbocycles. The van der Waals surface area contributed by atoms with Crippen molar-refractivity contribution >= 4 is 43.8 Å². The summed E-state index contributed by atoms with van der Waals surface area (Å²) in [5.41, 5.74) is 3.89. The lowest BCUT2D eigenvalue weighted by Crippen LogP contribution is -2.22. The van der Waals surface area contributed by atoms with Crippen molar-refractivity contribution in [3.8, 4) is 10.6 Å². The lowest BCUT2D eigenvalue weighted by molar-refractivity contribution is -0.116. The number of carbonyl (C=O) groups is 1. The van der Waals surface area contributed by atoms with Gasteiger partial charge in [0.1, 0.15) is 10.0 Å². The Hall–Kier alpha value is -3.28. The van der Waals surface area contributed by atoms with Gasteiger partial charge < -0.3 is 5.32 Å². The van der Waals surface area contributed by atoms with Crippen molar-refractivity contribution in [3.05, 3.63) is 108 Å². The van der Waals surface area contributed by atoms with Crippen LogP contribution in [0.3, 0.4) is 0 Å². The number of anilines is 1. The smallest absolute Gasteiger partial charge is 0.237 e. The number of hydrogen-bond acceptors (Lipinski definition) is 4. The highest BCUT2D eigenvalue weighted by Crippen LogP contribution is 2.38. The van der Waals surface area contributed by atoms with Crippen molar-refractivity contribution in [1.29, 1.82) is 0 Å². The lowest BCUT2D eigenvalue weighted by Gasteiger charge is -2.17. The van der Waals surface area contributed by atoms with Crippen LogP contribution >= 0.6 is 22.7 Å². The van der Waals surface area contributed by atoms with Crippen LogP contribution in [0.4, 0.5) is 5.00 Å². The van der Waals surface area contributed by atoms with Gasteiger partial charge in [0.15, 0.2) is 0 Å². The van der Waals surface area contributed by atoms with Crippen LogP contribution in [0.5, 0.6) is 0 Å². The molecule has 0 fully saturated rings. The fraction of sp³-hybridized carbons (Fsp3) is 0.0400. The van der Waals surface area contributed by atoms with Crippen LogP contribution in [0.15, 0.2) is 96.4 Å². The third kappa shape index (κ3) is 3.65. The van der Waals surface area contributed by atoms with Gasteiger partial charge in [0.25, 0.3) is 0 Å². The number of fused-ring (bicyclic) bond motifs is 1. The molecular weight excluding hydrogens is 408 g/mol. The van der Waals surface area contributed by atoms with E-state index in [9.17, 15) is 4.79 Å². The van der Waals surface area contributed by atoms with Crippen LogP contribution in [0, 0.1) is 0 Å². The first-order valence-electron chi connectivity index (χ1n) is 9.64. The number of thiazole rings is 1. The first-order valence-corrected chi connectivity index (χ1v) is 11.3. The second-order valence-electron chi connectivity index (χ2n) is 6.89. The Bertz CT molecular complexity index is 1220. The van der Waals surface area contributed by atoms with E-state index in [1.165, 1.54) is 11.3 Å². The molecule has 5 heteroatoms. The zero-order chi connectivity index (χ0) is 20.3. The lowest BCUT2D eigenvalue weighted by atomic mass is 9.90. The van der Waals surface area contributed by atoms with Crippen LogP contribution < -0.4 is 5.32 Å². The number of nitrogens with zero attached hydrogens (tertiary/aromatic N) is 1. The van der Waals surface area contributed by atoms with Crippen LogP contribution in [0.2, 0.25) is 0 Å². The summed E-state index contributed by atoms with van der Waals surface area (Å²) < 4.78 is 1.14. The van der Waals surface area contributed by atoms with E-state index in [0.29, 0.717) is 0 Å². The maximum absolute atomic E-state index is 13.4. The Morgan fingerprint density at radius 2 is 1.43 bits per heavy atom. The molecule has 30 heavy (non-hydrogen) atoms. The third-order valence-electron chi connectivity index (χ3n) is 4.95. The largest absolute Gasteiger partial charge is 0.316 e. The third-order valence-corrected chi connectivity index (χ3v) is 6.85. The molecule has 5 rings (SSSR count). The predicted octanol–water partition coefficient (Wildman–Crippen LogP) is 6.80. The fourth-order valence-corrected chi connectivity index (χ4v) is 5.39. The summed E-state index contributed by atoms with van der Waals surface area (Å²) in [5, 5.41) is 6.92. The average Bonchev–Trinajstić information content (AvgIpc) is 3.42. The van der Waals surface area contributed by atoms with Crippen molar-refractivity contribution in [3.63, 3.8) is 0 Å². The van der Waals surface area contributed by atoms with Gasteiger partial charge in [-0.2, -0.15) is 0 Å². The minimum atomic E-state index is -0.377. The molecule has 0 radical (unpaired) electrons. The van der Waals surface area contributed by atoms with Gasteiger partial charge in [-0.1, -0.05) is 72.8 Å². The first kappa shape index (κ1) is 18.7. The van der Waals surface area contributed by atoms with Crippen molar-refractivity contribution in [1.82, 2.24) is 4.98 Å². The number of rotatable bonds is 5. The number of amides is 1. The van der Waals surface area contributed by atoms with Crippen LogP contribution in [0.1, 0.15) is 17.0 Å². The second-order valence-corrected chi connectivity index (χ2v) is 8.84. The molecule has 0 aliphatic carbocycles. The summed E-state index contributed by atoms with van der Waals surface area (Å²) in [5.74, 6) is -0.421. The number of hydrogen-bond donors (Lipinski definition) is 1. The molecule has 0 atom stereocenters. The molecule has 2 heterocycles. The molecule has 1 N–H and O–H groups in total. The van der Waals surface area contributed by atoms with Crippen molar-refractivity contribution in [2.75, 3.05) is 5.32 Å². The van der Waals surface area contributed by atoms with E-state index in [1.54, 1.807) is 11.3 Å². The number of benzene rings is 3. The number of carbonyl (C=O) groups excluding carboxylic acids is 1. The van der Waals surface area contributed by atoms with E-state index >= 15 is 0 Å². The van der Waals surface area contributed by atoms with E-state index in [2.05, 4.69) is 11.4 Å².